The van der Waals surface area contributed by atoms with Gasteiger partial charge in [-0.25, -0.2) is 4.79 Å². The number of hydrogen-bond donors (Lipinski definition) is 1. The first kappa shape index (κ1) is 20.8. The molecule has 1 atom stereocenters. The zero-order valence-electron chi connectivity index (χ0n) is 17.8. The van der Waals surface area contributed by atoms with E-state index in [1.165, 1.54) is 0 Å². The van der Waals surface area contributed by atoms with E-state index in [9.17, 15) is 9.59 Å². The fourth-order valence-corrected chi connectivity index (χ4v) is 3.98. The molecule has 1 aliphatic carbocycles. The molecule has 6 heteroatoms. The number of carbonyl (C=O) groups excluding carboxylic acids is 2. The number of aromatic nitrogens is 1. The van der Waals surface area contributed by atoms with Gasteiger partial charge >= 0.3 is 5.97 Å². The average Bonchev–Trinajstić information content (AvgIpc) is 3.25. The quantitative estimate of drug-likeness (QED) is 0.593. The van der Waals surface area contributed by atoms with Gasteiger partial charge in [0.1, 0.15) is 5.75 Å². The molecule has 0 bridgehead atoms. The van der Waals surface area contributed by atoms with Gasteiger partial charge in [-0.05, 0) is 61.9 Å². The molecule has 0 aliphatic heterocycles. The lowest BCUT2D eigenvalue weighted by Gasteiger charge is -2.16. The molecule has 31 heavy (non-hydrogen) atoms. The van der Waals surface area contributed by atoms with Crippen LogP contribution in [-0.4, -0.2) is 36.6 Å². The highest BCUT2D eigenvalue weighted by atomic mass is 16.5. The van der Waals surface area contributed by atoms with E-state index >= 15 is 0 Å². The third kappa shape index (κ3) is 4.53. The van der Waals surface area contributed by atoms with Gasteiger partial charge in [-0.1, -0.05) is 30.3 Å². The van der Waals surface area contributed by atoms with Gasteiger partial charge in [-0.15, -0.1) is 0 Å². The molecule has 0 spiro atoms. The number of esters is 1. The number of rotatable bonds is 7. The maximum absolute atomic E-state index is 13.0. The van der Waals surface area contributed by atoms with Gasteiger partial charge in [0.25, 0.3) is 5.91 Å². The highest BCUT2D eigenvalue weighted by Crippen LogP contribution is 2.30. The fourth-order valence-electron chi connectivity index (χ4n) is 3.98. The Bertz CT molecular complexity index is 1110. The maximum Gasteiger partial charge on any atom is 0.339 e. The Morgan fingerprint density at radius 1 is 1.10 bits per heavy atom. The van der Waals surface area contributed by atoms with Crippen molar-refractivity contribution in [1.82, 2.24) is 10.3 Å². The van der Waals surface area contributed by atoms with E-state index < -0.39 is 12.1 Å². The number of amides is 1. The summed E-state index contributed by atoms with van der Waals surface area (Å²) in [6.45, 7) is 2.06. The zero-order valence-corrected chi connectivity index (χ0v) is 17.8. The molecule has 4 rings (SSSR count). The number of methoxy groups -OCH3 is 1. The Morgan fingerprint density at radius 2 is 1.87 bits per heavy atom. The Labute approximate surface area is 181 Å². The molecule has 2 aromatic carbocycles. The smallest absolute Gasteiger partial charge is 0.339 e. The number of nitrogens with one attached hydrogen (secondary N) is 1. The minimum atomic E-state index is -0.882. The summed E-state index contributed by atoms with van der Waals surface area (Å²) in [5.74, 6) is 0.0230. The summed E-state index contributed by atoms with van der Waals surface area (Å²) < 4.78 is 10.7. The third-order valence-electron chi connectivity index (χ3n) is 5.65. The van der Waals surface area contributed by atoms with Gasteiger partial charge in [-0.3, -0.25) is 9.78 Å². The molecule has 1 aliphatic rings. The van der Waals surface area contributed by atoms with Crippen molar-refractivity contribution < 1.29 is 19.1 Å². The Hall–Kier alpha value is -3.41. The summed E-state index contributed by atoms with van der Waals surface area (Å²) in [4.78, 5) is 30.2. The number of carbonyl (C=O) groups is 2. The van der Waals surface area contributed by atoms with Crippen LogP contribution in [0, 0.1) is 0 Å². The lowest BCUT2D eigenvalue weighted by atomic mass is 10.0. The maximum atomic E-state index is 13.0. The first-order valence-electron chi connectivity index (χ1n) is 10.6. The lowest BCUT2D eigenvalue weighted by Crippen LogP contribution is -2.37. The molecule has 3 aromatic rings. The van der Waals surface area contributed by atoms with Crippen LogP contribution in [0.1, 0.15) is 40.5 Å². The van der Waals surface area contributed by atoms with Crippen molar-refractivity contribution in [3.8, 4) is 5.75 Å². The van der Waals surface area contributed by atoms with E-state index in [-0.39, 0.29) is 5.91 Å². The van der Waals surface area contributed by atoms with E-state index in [1.807, 2.05) is 48.5 Å². The van der Waals surface area contributed by atoms with Crippen LogP contribution >= 0.6 is 0 Å². The molecule has 0 unspecified atom stereocenters. The topological polar surface area (TPSA) is 77.5 Å². The van der Waals surface area contributed by atoms with Crippen molar-refractivity contribution in [3.05, 3.63) is 70.9 Å². The van der Waals surface area contributed by atoms with E-state index in [4.69, 9.17) is 14.5 Å². The van der Waals surface area contributed by atoms with Crippen LogP contribution in [0.4, 0.5) is 0 Å². The number of nitrogens with zero attached hydrogens (tertiary/aromatic N) is 1. The summed E-state index contributed by atoms with van der Waals surface area (Å²) >= 11 is 0. The molecular weight excluding hydrogens is 392 g/mol. The summed E-state index contributed by atoms with van der Waals surface area (Å²) in [6.07, 6.45) is 2.44. The second-order valence-electron chi connectivity index (χ2n) is 7.72. The molecule has 1 heterocycles. The van der Waals surface area contributed by atoms with E-state index in [2.05, 4.69) is 5.32 Å². The summed E-state index contributed by atoms with van der Waals surface area (Å²) in [6, 6.07) is 15.3. The number of fused-ring (bicyclic) bond motifs is 2. The molecule has 0 saturated heterocycles. The van der Waals surface area contributed by atoms with Crippen molar-refractivity contribution in [2.24, 2.45) is 0 Å². The fraction of sp³-hybridized carbons (Fsp3) is 0.320. The Balaban J connectivity index is 1.40. The second-order valence-corrected chi connectivity index (χ2v) is 7.72. The number of pyridine rings is 1. The standard InChI is InChI=1S/C25H26N2O4/c1-16(24(28)26-15-14-17-10-12-18(30-2)13-11-17)31-25(29)23-19-6-3-4-8-21(19)27-22-9-5-7-20(22)23/h3-4,6,8,10-13,16H,5,7,9,14-15H2,1-2H3,(H,26,28)/t16-/m0/s1. The monoisotopic (exact) mass is 418 g/mol. The van der Waals surface area contributed by atoms with E-state index in [0.29, 0.717) is 18.5 Å². The van der Waals surface area contributed by atoms with Crippen molar-refractivity contribution in [2.45, 2.75) is 38.7 Å². The zero-order chi connectivity index (χ0) is 21.8. The molecule has 0 saturated carbocycles. The molecule has 6 nitrogen and oxygen atoms in total. The number of para-hydroxylation sites is 1. The summed E-state index contributed by atoms with van der Waals surface area (Å²) in [5, 5.41) is 3.62. The normalized spacial score (nSPS) is 13.5. The van der Waals surface area contributed by atoms with E-state index in [0.717, 1.165) is 52.7 Å². The van der Waals surface area contributed by atoms with Crippen molar-refractivity contribution >= 4 is 22.8 Å². The van der Waals surface area contributed by atoms with Crippen LogP contribution in [0.15, 0.2) is 48.5 Å². The van der Waals surface area contributed by atoms with Crippen molar-refractivity contribution in [2.75, 3.05) is 13.7 Å². The molecule has 0 radical (unpaired) electrons. The SMILES string of the molecule is COc1ccc(CCNC(=O)[C@H](C)OC(=O)c2c3c(nc4ccccc24)CCC3)cc1. The highest BCUT2D eigenvalue weighted by molar-refractivity contribution is 6.05. The largest absolute Gasteiger partial charge is 0.497 e. The predicted octanol–water partition coefficient (Wildman–Crippen LogP) is 3.64. The molecule has 0 fully saturated rings. The van der Waals surface area contributed by atoms with Gasteiger partial charge in [0.2, 0.25) is 0 Å². The molecule has 1 aromatic heterocycles. The van der Waals surface area contributed by atoms with Crippen LogP contribution < -0.4 is 10.1 Å². The van der Waals surface area contributed by atoms with Gasteiger partial charge in [0.15, 0.2) is 6.10 Å². The van der Waals surface area contributed by atoms with Crippen LogP contribution in [0.3, 0.4) is 0 Å². The first-order chi connectivity index (χ1) is 15.1. The predicted molar refractivity (Wildman–Crippen MR) is 118 cm³/mol. The number of aryl methyl sites for hydroxylation is 1. The second kappa shape index (κ2) is 9.16. The van der Waals surface area contributed by atoms with E-state index in [1.54, 1.807) is 14.0 Å². The van der Waals surface area contributed by atoms with Crippen molar-refractivity contribution in [3.63, 3.8) is 0 Å². The minimum Gasteiger partial charge on any atom is -0.497 e. The van der Waals surface area contributed by atoms with Crippen LogP contribution in [-0.2, 0) is 28.8 Å². The Morgan fingerprint density at radius 3 is 2.65 bits per heavy atom. The van der Waals surface area contributed by atoms with Crippen LogP contribution in [0.5, 0.6) is 5.75 Å². The minimum absolute atomic E-state index is 0.308. The lowest BCUT2D eigenvalue weighted by molar-refractivity contribution is -0.129. The molecule has 160 valence electrons. The number of benzene rings is 2. The number of hydrogen-bond acceptors (Lipinski definition) is 5. The highest BCUT2D eigenvalue weighted by Gasteiger charge is 2.27. The van der Waals surface area contributed by atoms with Crippen molar-refractivity contribution in [1.29, 1.82) is 0 Å². The van der Waals surface area contributed by atoms with Gasteiger partial charge in [-0.2, -0.15) is 0 Å². The average molecular weight is 418 g/mol. The summed E-state index contributed by atoms with van der Waals surface area (Å²) in [5.41, 5.74) is 4.34. The molecule has 1 N–H and O–H groups in total. The first-order valence-corrected chi connectivity index (χ1v) is 10.6. The number of ether oxygens (including phenoxy) is 2. The van der Waals surface area contributed by atoms with Crippen LogP contribution in [0.25, 0.3) is 10.9 Å². The Kier molecular flexibility index (Phi) is 6.16. The summed E-state index contributed by atoms with van der Waals surface area (Å²) in [7, 11) is 1.63. The van der Waals surface area contributed by atoms with Gasteiger partial charge < -0.3 is 14.8 Å². The van der Waals surface area contributed by atoms with Crippen LogP contribution in [0.2, 0.25) is 0 Å². The third-order valence-corrected chi connectivity index (χ3v) is 5.65. The van der Waals surface area contributed by atoms with Gasteiger partial charge in [0.05, 0.1) is 18.2 Å². The van der Waals surface area contributed by atoms with Gasteiger partial charge in [0, 0.05) is 17.6 Å². The molecular formula is C25H26N2O4. The molecule has 1 amide bonds.